The van der Waals surface area contributed by atoms with Gasteiger partial charge in [0.05, 0.1) is 12.8 Å². The largest absolute Gasteiger partial charge is 0.468 e. The topological polar surface area (TPSA) is 25.2 Å². The average molecular weight is 125 g/mol. The minimum Gasteiger partial charge on any atom is -0.468 e. The Hall–Kier alpha value is -0.760. The molecule has 1 heterocycles. The molecule has 0 spiro atoms. The van der Waals surface area contributed by atoms with Crippen molar-refractivity contribution in [3.05, 3.63) is 24.2 Å². The molecular formula is C7H11NO. The number of hydrogen-bond donors (Lipinski definition) is 1. The van der Waals surface area contributed by atoms with Gasteiger partial charge in [-0.3, -0.25) is 0 Å². The summed E-state index contributed by atoms with van der Waals surface area (Å²) in [5.41, 5.74) is 0. The van der Waals surface area contributed by atoms with Crippen LogP contribution >= 0.6 is 0 Å². The zero-order valence-electron chi connectivity index (χ0n) is 5.55. The predicted molar refractivity (Wildman–Crippen MR) is 36.1 cm³/mol. The Labute approximate surface area is 54.9 Å². The quantitative estimate of drug-likeness (QED) is 0.660. The van der Waals surface area contributed by atoms with E-state index in [1.165, 1.54) is 0 Å². The highest BCUT2D eigenvalue weighted by Crippen LogP contribution is 1.97. The van der Waals surface area contributed by atoms with Gasteiger partial charge in [0.2, 0.25) is 0 Å². The fourth-order valence-electron chi connectivity index (χ4n) is 0.661. The Bertz CT molecular complexity index is 146. The second kappa shape index (κ2) is 3.30. The minimum atomic E-state index is 0.837. The fraction of sp³-hybridized carbons (Fsp3) is 0.429. The van der Waals surface area contributed by atoms with Gasteiger partial charge in [-0.15, -0.1) is 0 Å². The molecule has 0 unspecified atom stereocenters. The standard InChI is InChI=1S/C7H11NO/c1-2-8-6-7-4-3-5-9-7/h3-5,8H,2,6H2,1H3. The zero-order valence-corrected chi connectivity index (χ0v) is 5.55. The van der Waals surface area contributed by atoms with Gasteiger partial charge in [0.15, 0.2) is 0 Å². The normalized spacial score (nSPS) is 9.89. The van der Waals surface area contributed by atoms with E-state index in [4.69, 9.17) is 4.42 Å². The Morgan fingerprint density at radius 3 is 3.11 bits per heavy atom. The Morgan fingerprint density at radius 2 is 2.56 bits per heavy atom. The molecular weight excluding hydrogens is 114 g/mol. The molecule has 0 bridgehead atoms. The molecule has 0 aliphatic carbocycles. The second-order valence-corrected chi connectivity index (χ2v) is 1.86. The van der Waals surface area contributed by atoms with E-state index in [1.54, 1.807) is 6.26 Å². The summed E-state index contributed by atoms with van der Waals surface area (Å²) in [5, 5.41) is 3.16. The summed E-state index contributed by atoms with van der Waals surface area (Å²) in [4.78, 5) is 0. The fourth-order valence-corrected chi connectivity index (χ4v) is 0.661. The van der Waals surface area contributed by atoms with Crippen molar-refractivity contribution in [1.82, 2.24) is 5.32 Å². The van der Waals surface area contributed by atoms with E-state index in [0.717, 1.165) is 18.8 Å². The predicted octanol–water partition coefficient (Wildman–Crippen LogP) is 1.39. The van der Waals surface area contributed by atoms with Gasteiger partial charge in [-0.1, -0.05) is 6.92 Å². The number of rotatable bonds is 3. The van der Waals surface area contributed by atoms with Gasteiger partial charge in [0, 0.05) is 0 Å². The molecule has 0 radical (unpaired) electrons. The van der Waals surface area contributed by atoms with E-state index in [1.807, 2.05) is 12.1 Å². The molecule has 1 aromatic heterocycles. The summed E-state index contributed by atoms with van der Waals surface area (Å²) >= 11 is 0. The van der Waals surface area contributed by atoms with Crippen molar-refractivity contribution < 1.29 is 4.42 Å². The van der Waals surface area contributed by atoms with Crippen LogP contribution in [0.15, 0.2) is 22.8 Å². The summed E-state index contributed by atoms with van der Waals surface area (Å²) < 4.78 is 5.07. The molecule has 0 aliphatic rings. The second-order valence-electron chi connectivity index (χ2n) is 1.86. The van der Waals surface area contributed by atoms with E-state index in [9.17, 15) is 0 Å². The third kappa shape index (κ3) is 1.90. The molecule has 0 saturated heterocycles. The summed E-state index contributed by atoms with van der Waals surface area (Å²) in [5.74, 6) is 0.997. The maximum atomic E-state index is 5.07. The van der Waals surface area contributed by atoms with Gasteiger partial charge in [-0.2, -0.15) is 0 Å². The van der Waals surface area contributed by atoms with E-state index < -0.39 is 0 Å². The van der Waals surface area contributed by atoms with Gasteiger partial charge in [-0.05, 0) is 18.7 Å². The first-order chi connectivity index (χ1) is 4.43. The van der Waals surface area contributed by atoms with Gasteiger partial charge >= 0.3 is 0 Å². The van der Waals surface area contributed by atoms with E-state index in [0.29, 0.717) is 0 Å². The van der Waals surface area contributed by atoms with Crippen LogP contribution in [0.3, 0.4) is 0 Å². The van der Waals surface area contributed by atoms with Crippen LogP contribution in [-0.2, 0) is 6.54 Å². The van der Waals surface area contributed by atoms with Crippen molar-refractivity contribution in [3.63, 3.8) is 0 Å². The van der Waals surface area contributed by atoms with Crippen LogP contribution in [0.25, 0.3) is 0 Å². The molecule has 9 heavy (non-hydrogen) atoms. The first kappa shape index (κ1) is 6.36. The maximum Gasteiger partial charge on any atom is 0.117 e. The van der Waals surface area contributed by atoms with Crippen LogP contribution in [0.2, 0.25) is 0 Å². The van der Waals surface area contributed by atoms with Crippen LogP contribution in [-0.4, -0.2) is 6.54 Å². The lowest BCUT2D eigenvalue weighted by Gasteiger charge is -1.94. The highest BCUT2D eigenvalue weighted by atomic mass is 16.3. The van der Waals surface area contributed by atoms with Crippen LogP contribution in [0.1, 0.15) is 12.7 Å². The first-order valence-corrected chi connectivity index (χ1v) is 3.16. The van der Waals surface area contributed by atoms with Crippen molar-refractivity contribution in [1.29, 1.82) is 0 Å². The molecule has 2 nitrogen and oxygen atoms in total. The molecule has 1 aromatic rings. The lowest BCUT2D eigenvalue weighted by atomic mass is 10.4. The molecule has 2 heteroatoms. The SMILES string of the molecule is CCNCc1ccco1. The van der Waals surface area contributed by atoms with Gasteiger partial charge < -0.3 is 9.73 Å². The molecule has 1 N–H and O–H groups in total. The number of furan rings is 1. The van der Waals surface area contributed by atoms with Crippen molar-refractivity contribution in [2.24, 2.45) is 0 Å². The molecule has 50 valence electrons. The van der Waals surface area contributed by atoms with Crippen LogP contribution in [0, 0.1) is 0 Å². The van der Waals surface area contributed by atoms with Crippen molar-refractivity contribution in [3.8, 4) is 0 Å². The molecule has 1 rings (SSSR count). The smallest absolute Gasteiger partial charge is 0.117 e. The van der Waals surface area contributed by atoms with Crippen molar-refractivity contribution in [2.75, 3.05) is 6.54 Å². The summed E-state index contributed by atoms with van der Waals surface area (Å²) in [7, 11) is 0. The van der Waals surface area contributed by atoms with Gasteiger partial charge in [-0.25, -0.2) is 0 Å². The van der Waals surface area contributed by atoms with E-state index in [2.05, 4.69) is 12.2 Å². The Balaban J connectivity index is 2.30. The lowest BCUT2D eigenvalue weighted by Crippen LogP contribution is -2.10. The molecule has 0 aliphatic heterocycles. The molecule has 0 aromatic carbocycles. The number of hydrogen-bond acceptors (Lipinski definition) is 2. The first-order valence-electron chi connectivity index (χ1n) is 3.16. The van der Waals surface area contributed by atoms with Crippen LogP contribution < -0.4 is 5.32 Å². The van der Waals surface area contributed by atoms with E-state index >= 15 is 0 Å². The van der Waals surface area contributed by atoms with Gasteiger partial charge in [0.25, 0.3) is 0 Å². The molecule has 0 fully saturated rings. The Morgan fingerprint density at radius 1 is 1.67 bits per heavy atom. The highest BCUT2D eigenvalue weighted by Gasteiger charge is 1.89. The zero-order chi connectivity index (χ0) is 6.53. The third-order valence-electron chi connectivity index (χ3n) is 1.13. The maximum absolute atomic E-state index is 5.07. The third-order valence-corrected chi connectivity index (χ3v) is 1.13. The van der Waals surface area contributed by atoms with Crippen molar-refractivity contribution >= 4 is 0 Å². The summed E-state index contributed by atoms with van der Waals surface area (Å²) in [6, 6.07) is 3.86. The molecule has 0 atom stereocenters. The van der Waals surface area contributed by atoms with E-state index in [-0.39, 0.29) is 0 Å². The summed E-state index contributed by atoms with van der Waals surface area (Å²) in [6.45, 7) is 3.90. The highest BCUT2D eigenvalue weighted by molar-refractivity contribution is 4.97. The number of nitrogens with one attached hydrogen (secondary N) is 1. The van der Waals surface area contributed by atoms with Gasteiger partial charge in [0.1, 0.15) is 5.76 Å². The van der Waals surface area contributed by atoms with Crippen LogP contribution in [0.4, 0.5) is 0 Å². The minimum absolute atomic E-state index is 0.837. The van der Waals surface area contributed by atoms with Crippen LogP contribution in [0.5, 0.6) is 0 Å². The van der Waals surface area contributed by atoms with Crippen molar-refractivity contribution in [2.45, 2.75) is 13.5 Å². The lowest BCUT2D eigenvalue weighted by molar-refractivity contribution is 0.487. The summed E-state index contributed by atoms with van der Waals surface area (Å²) in [6.07, 6.45) is 1.69. The Kier molecular flexibility index (Phi) is 2.33. The monoisotopic (exact) mass is 125 g/mol. The molecule has 0 saturated carbocycles. The molecule has 0 amide bonds. The average Bonchev–Trinajstić information content (AvgIpc) is 2.34.